The lowest BCUT2D eigenvalue weighted by atomic mass is 9.78. The summed E-state index contributed by atoms with van der Waals surface area (Å²) in [7, 11) is 1.53. The van der Waals surface area contributed by atoms with E-state index < -0.39 is 17.8 Å². The molecule has 8 nitrogen and oxygen atoms in total. The fourth-order valence-electron chi connectivity index (χ4n) is 4.88. The number of anilines is 2. The maximum Gasteiger partial charge on any atom is 0.307 e. The molecule has 1 aliphatic heterocycles. The molecule has 0 spiro atoms. The molecule has 180 valence electrons. The highest BCUT2D eigenvalue weighted by Crippen LogP contribution is 2.32. The number of piperazine rings is 1. The zero-order valence-corrected chi connectivity index (χ0v) is 19.4. The van der Waals surface area contributed by atoms with Crippen molar-refractivity contribution in [1.29, 1.82) is 0 Å². The van der Waals surface area contributed by atoms with Crippen molar-refractivity contribution in [3.05, 3.63) is 54.1 Å². The predicted molar refractivity (Wildman–Crippen MR) is 129 cm³/mol. The summed E-state index contributed by atoms with van der Waals surface area (Å²) >= 11 is 0. The fourth-order valence-corrected chi connectivity index (χ4v) is 4.88. The standard InChI is InChI=1S/C26H31N3O5/c1-34-19-11-12-23(27-24(30)20-9-5-6-10-21(20)26(32)33)22(17-19)25(31)29-15-13-28(14-16-29)18-7-3-2-4-8-18/h2-4,7-8,11-12,17,20-21H,5-6,9-10,13-16H2,1H3,(H,27,30)(H,32,33)/t20-,21+/m0/s1. The normalized spacial score (nSPS) is 20.5. The number of para-hydroxylation sites is 1. The van der Waals surface area contributed by atoms with E-state index in [-0.39, 0.29) is 11.8 Å². The van der Waals surface area contributed by atoms with Gasteiger partial charge in [0.05, 0.1) is 30.2 Å². The molecular formula is C26H31N3O5. The van der Waals surface area contributed by atoms with E-state index in [2.05, 4.69) is 22.3 Å². The maximum atomic E-state index is 13.5. The molecule has 2 aliphatic rings. The van der Waals surface area contributed by atoms with Crippen LogP contribution in [0.1, 0.15) is 36.0 Å². The zero-order chi connectivity index (χ0) is 24.1. The molecule has 0 radical (unpaired) electrons. The summed E-state index contributed by atoms with van der Waals surface area (Å²) in [6.07, 6.45) is 2.65. The van der Waals surface area contributed by atoms with Crippen LogP contribution >= 0.6 is 0 Å². The van der Waals surface area contributed by atoms with Crippen LogP contribution in [0.2, 0.25) is 0 Å². The molecular weight excluding hydrogens is 434 g/mol. The van der Waals surface area contributed by atoms with Gasteiger partial charge in [-0.3, -0.25) is 14.4 Å². The van der Waals surface area contributed by atoms with Crippen molar-refractivity contribution >= 4 is 29.2 Å². The lowest BCUT2D eigenvalue weighted by Gasteiger charge is -2.36. The van der Waals surface area contributed by atoms with E-state index in [9.17, 15) is 19.5 Å². The van der Waals surface area contributed by atoms with E-state index in [4.69, 9.17) is 4.74 Å². The Morgan fingerprint density at radius 2 is 1.62 bits per heavy atom. The minimum Gasteiger partial charge on any atom is -0.497 e. The van der Waals surface area contributed by atoms with Gasteiger partial charge >= 0.3 is 5.97 Å². The van der Waals surface area contributed by atoms with Crippen molar-refractivity contribution in [2.24, 2.45) is 11.8 Å². The summed E-state index contributed by atoms with van der Waals surface area (Å²) in [5.74, 6) is -2.25. The first kappa shape index (κ1) is 23.6. The van der Waals surface area contributed by atoms with E-state index in [1.54, 1.807) is 23.1 Å². The van der Waals surface area contributed by atoms with Gasteiger partial charge in [-0.05, 0) is 43.2 Å². The number of carboxylic acids is 1. The van der Waals surface area contributed by atoms with Crippen LogP contribution in [0.15, 0.2) is 48.5 Å². The van der Waals surface area contributed by atoms with E-state index in [0.717, 1.165) is 18.5 Å². The molecule has 4 rings (SSSR count). The number of aliphatic carboxylic acids is 1. The Kier molecular flexibility index (Phi) is 7.35. The molecule has 2 fully saturated rings. The number of hydrogen-bond acceptors (Lipinski definition) is 5. The molecule has 0 unspecified atom stereocenters. The van der Waals surface area contributed by atoms with Crippen molar-refractivity contribution in [3.8, 4) is 5.75 Å². The summed E-state index contributed by atoms with van der Waals surface area (Å²) in [5, 5.41) is 12.4. The fraction of sp³-hybridized carbons (Fsp3) is 0.423. The van der Waals surface area contributed by atoms with Gasteiger partial charge in [0.25, 0.3) is 5.91 Å². The number of amides is 2. The van der Waals surface area contributed by atoms with Crippen LogP contribution in [0.3, 0.4) is 0 Å². The van der Waals surface area contributed by atoms with Crippen molar-refractivity contribution in [2.45, 2.75) is 25.7 Å². The molecule has 34 heavy (non-hydrogen) atoms. The molecule has 1 heterocycles. The topological polar surface area (TPSA) is 99.2 Å². The minimum absolute atomic E-state index is 0.180. The average molecular weight is 466 g/mol. The third-order valence-electron chi connectivity index (χ3n) is 6.82. The van der Waals surface area contributed by atoms with Gasteiger partial charge in [-0.1, -0.05) is 31.0 Å². The summed E-state index contributed by atoms with van der Waals surface area (Å²) in [6.45, 7) is 2.54. The molecule has 0 bridgehead atoms. The van der Waals surface area contributed by atoms with Crippen LogP contribution in [-0.4, -0.2) is 61.1 Å². The van der Waals surface area contributed by atoms with Gasteiger partial charge in [0.2, 0.25) is 5.91 Å². The third-order valence-corrected chi connectivity index (χ3v) is 6.82. The molecule has 2 N–H and O–H groups in total. The number of methoxy groups -OCH3 is 1. The minimum atomic E-state index is -0.942. The van der Waals surface area contributed by atoms with Crippen molar-refractivity contribution < 1.29 is 24.2 Å². The number of hydrogen-bond donors (Lipinski definition) is 2. The summed E-state index contributed by atoms with van der Waals surface area (Å²) in [6, 6.07) is 15.1. The van der Waals surface area contributed by atoms with Crippen molar-refractivity contribution in [1.82, 2.24) is 4.90 Å². The lowest BCUT2D eigenvalue weighted by molar-refractivity contribution is -0.147. The Hall–Kier alpha value is -3.55. The molecule has 2 aromatic rings. The van der Waals surface area contributed by atoms with Gasteiger partial charge < -0.3 is 25.0 Å². The highest BCUT2D eigenvalue weighted by Gasteiger charge is 2.36. The first-order valence-corrected chi connectivity index (χ1v) is 11.8. The van der Waals surface area contributed by atoms with Crippen LogP contribution in [0.25, 0.3) is 0 Å². The number of carbonyl (C=O) groups is 3. The maximum absolute atomic E-state index is 13.5. The van der Waals surface area contributed by atoms with Gasteiger partial charge in [-0.25, -0.2) is 0 Å². The molecule has 1 saturated carbocycles. The molecule has 8 heteroatoms. The van der Waals surface area contributed by atoms with Crippen LogP contribution in [0.5, 0.6) is 5.75 Å². The first-order chi connectivity index (χ1) is 16.5. The second-order valence-corrected chi connectivity index (χ2v) is 8.85. The van der Waals surface area contributed by atoms with Crippen LogP contribution in [0.4, 0.5) is 11.4 Å². The quantitative estimate of drug-likeness (QED) is 0.678. The van der Waals surface area contributed by atoms with Crippen LogP contribution < -0.4 is 15.0 Å². The number of ether oxygens (including phenoxy) is 1. The van der Waals surface area contributed by atoms with Gasteiger partial charge in [0, 0.05) is 31.9 Å². The lowest BCUT2D eigenvalue weighted by Crippen LogP contribution is -2.49. The van der Waals surface area contributed by atoms with E-state index in [1.807, 2.05) is 18.2 Å². The Morgan fingerprint density at radius 3 is 2.26 bits per heavy atom. The molecule has 0 aromatic heterocycles. The second-order valence-electron chi connectivity index (χ2n) is 8.85. The molecule has 2 aromatic carbocycles. The third kappa shape index (κ3) is 5.16. The van der Waals surface area contributed by atoms with E-state index >= 15 is 0 Å². The number of nitrogens with zero attached hydrogens (tertiary/aromatic N) is 2. The number of nitrogens with one attached hydrogen (secondary N) is 1. The van der Waals surface area contributed by atoms with Crippen molar-refractivity contribution in [3.63, 3.8) is 0 Å². The highest BCUT2D eigenvalue weighted by molar-refractivity contribution is 6.05. The Labute approximate surface area is 199 Å². The number of carboxylic acid groups (broad SMARTS) is 1. The second kappa shape index (κ2) is 10.6. The Morgan fingerprint density at radius 1 is 0.941 bits per heavy atom. The molecule has 2 amide bonds. The Bertz CT molecular complexity index is 1030. The number of rotatable bonds is 6. The van der Waals surface area contributed by atoms with Gasteiger partial charge in [-0.15, -0.1) is 0 Å². The smallest absolute Gasteiger partial charge is 0.307 e. The number of benzene rings is 2. The molecule has 1 saturated heterocycles. The number of carbonyl (C=O) groups excluding carboxylic acids is 2. The SMILES string of the molecule is COc1ccc(NC(=O)[C@H]2CCCC[C@H]2C(=O)O)c(C(=O)N2CCN(c3ccccc3)CC2)c1. The largest absolute Gasteiger partial charge is 0.497 e. The van der Waals surface area contributed by atoms with Gasteiger partial charge in [-0.2, -0.15) is 0 Å². The summed E-state index contributed by atoms with van der Waals surface area (Å²) < 4.78 is 5.32. The van der Waals surface area contributed by atoms with E-state index in [0.29, 0.717) is 56.0 Å². The van der Waals surface area contributed by atoms with E-state index in [1.165, 1.54) is 7.11 Å². The zero-order valence-electron chi connectivity index (χ0n) is 19.4. The first-order valence-electron chi connectivity index (χ1n) is 11.8. The summed E-state index contributed by atoms with van der Waals surface area (Å²) in [5.41, 5.74) is 1.86. The monoisotopic (exact) mass is 465 g/mol. The highest BCUT2D eigenvalue weighted by atomic mass is 16.5. The molecule has 2 atom stereocenters. The Balaban J connectivity index is 1.50. The molecule has 1 aliphatic carbocycles. The van der Waals surface area contributed by atoms with Gasteiger partial charge in [0.1, 0.15) is 5.75 Å². The average Bonchev–Trinajstić information content (AvgIpc) is 2.89. The van der Waals surface area contributed by atoms with Crippen molar-refractivity contribution in [2.75, 3.05) is 43.5 Å². The van der Waals surface area contributed by atoms with Crippen LogP contribution in [-0.2, 0) is 9.59 Å². The predicted octanol–water partition coefficient (Wildman–Crippen LogP) is 3.49. The summed E-state index contributed by atoms with van der Waals surface area (Å²) in [4.78, 5) is 42.2. The van der Waals surface area contributed by atoms with Gasteiger partial charge in [0.15, 0.2) is 0 Å². The van der Waals surface area contributed by atoms with Crippen LogP contribution in [0, 0.1) is 11.8 Å².